The summed E-state index contributed by atoms with van der Waals surface area (Å²) in [5.74, 6) is 1.70. The number of halogens is 1. The van der Waals surface area contributed by atoms with Crippen LogP contribution in [0.25, 0.3) is 0 Å². The topological polar surface area (TPSA) is 77.2 Å². The Morgan fingerprint density at radius 1 is 1.32 bits per heavy atom. The van der Waals surface area contributed by atoms with E-state index in [9.17, 15) is 4.79 Å². The molecule has 1 N–H and O–H groups in total. The molecular formula is C15H18ClN3O3. The maximum absolute atomic E-state index is 11.7. The Labute approximate surface area is 133 Å². The van der Waals surface area contributed by atoms with Crippen LogP contribution in [0.15, 0.2) is 28.7 Å². The molecule has 0 saturated heterocycles. The van der Waals surface area contributed by atoms with Crippen LogP contribution < -0.4 is 10.1 Å². The van der Waals surface area contributed by atoms with E-state index >= 15 is 0 Å². The highest BCUT2D eigenvalue weighted by atomic mass is 35.5. The summed E-state index contributed by atoms with van der Waals surface area (Å²) < 4.78 is 10.8. The fourth-order valence-electron chi connectivity index (χ4n) is 1.64. The summed E-state index contributed by atoms with van der Waals surface area (Å²) in [7, 11) is 0. The molecular weight excluding hydrogens is 306 g/mol. The molecule has 0 spiro atoms. The lowest BCUT2D eigenvalue weighted by Gasteiger charge is -2.06. The minimum atomic E-state index is -0.210. The number of hydrogen-bond acceptors (Lipinski definition) is 5. The lowest BCUT2D eigenvalue weighted by Crippen LogP contribution is -2.30. The van der Waals surface area contributed by atoms with Crippen LogP contribution in [0.4, 0.5) is 0 Å². The number of benzene rings is 1. The van der Waals surface area contributed by atoms with E-state index in [2.05, 4.69) is 15.5 Å². The number of aromatic nitrogens is 2. The number of carbonyl (C=O) groups excluding carboxylic acids is 1. The van der Waals surface area contributed by atoms with Gasteiger partial charge in [-0.3, -0.25) is 4.79 Å². The summed E-state index contributed by atoms with van der Waals surface area (Å²) in [5, 5.41) is 11.2. The molecule has 1 amide bonds. The maximum atomic E-state index is 11.7. The van der Waals surface area contributed by atoms with Crippen molar-refractivity contribution in [1.82, 2.24) is 15.5 Å². The lowest BCUT2D eigenvalue weighted by atomic mass is 10.2. The molecule has 0 radical (unpaired) electrons. The molecule has 1 aromatic carbocycles. The van der Waals surface area contributed by atoms with Crippen molar-refractivity contribution in [3.05, 3.63) is 41.1 Å². The predicted molar refractivity (Wildman–Crippen MR) is 82.0 cm³/mol. The average Bonchev–Trinajstić information content (AvgIpc) is 2.96. The second kappa shape index (κ2) is 7.79. The van der Waals surface area contributed by atoms with Gasteiger partial charge in [-0.2, -0.15) is 0 Å². The van der Waals surface area contributed by atoms with Crippen molar-refractivity contribution in [3.63, 3.8) is 0 Å². The molecule has 0 aliphatic rings. The van der Waals surface area contributed by atoms with Gasteiger partial charge in [-0.15, -0.1) is 10.2 Å². The summed E-state index contributed by atoms with van der Waals surface area (Å²) in [6.45, 7) is 4.32. The molecule has 7 heteroatoms. The van der Waals surface area contributed by atoms with Crippen molar-refractivity contribution in [2.45, 2.75) is 26.2 Å². The van der Waals surface area contributed by atoms with Crippen LogP contribution in [-0.2, 0) is 11.2 Å². The average molecular weight is 324 g/mol. The zero-order valence-electron chi connectivity index (χ0n) is 12.5. The number of amides is 1. The molecule has 0 fully saturated rings. The zero-order valence-corrected chi connectivity index (χ0v) is 13.3. The fourth-order valence-corrected chi connectivity index (χ4v) is 1.77. The smallest absolute Gasteiger partial charge is 0.257 e. The molecule has 2 aromatic rings. The highest BCUT2D eigenvalue weighted by Gasteiger charge is 2.10. The molecule has 22 heavy (non-hydrogen) atoms. The number of nitrogens with zero attached hydrogens (tertiary/aromatic N) is 2. The van der Waals surface area contributed by atoms with Gasteiger partial charge >= 0.3 is 0 Å². The van der Waals surface area contributed by atoms with Crippen LogP contribution in [0.3, 0.4) is 0 Å². The molecule has 1 heterocycles. The Hall–Kier alpha value is -2.08. The Morgan fingerprint density at radius 2 is 2.05 bits per heavy atom. The molecule has 0 saturated carbocycles. The molecule has 6 nitrogen and oxygen atoms in total. The molecule has 1 aromatic heterocycles. The Morgan fingerprint density at radius 3 is 2.68 bits per heavy atom. The zero-order chi connectivity index (χ0) is 15.9. The fraction of sp³-hybridized carbons (Fsp3) is 0.400. The highest BCUT2D eigenvalue weighted by Crippen LogP contribution is 2.15. The number of carbonyl (C=O) groups is 1. The van der Waals surface area contributed by atoms with Gasteiger partial charge in [-0.25, -0.2) is 0 Å². The Bertz CT molecular complexity index is 611. The van der Waals surface area contributed by atoms with Crippen LogP contribution in [0, 0.1) is 0 Å². The van der Waals surface area contributed by atoms with Crippen molar-refractivity contribution in [1.29, 1.82) is 0 Å². The third kappa shape index (κ3) is 5.04. The van der Waals surface area contributed by atoms with E-state index in [1.807, 2.05) is 13.8 Å². The lowest BCUT2D eigenvalue weighted by molar-refractivity contribution is -0.123. The Kier molecular flexibility index (Phi) is 5.77. The monoisotopic (exact) mass is 323 g/mol. The van der Waals surface area contributed by atoms with Crippen molar-refractivity contribution in [2.75, 3.05) is 13.2 Å². The first-order valence-electron chi connectivity index (χ1n) is 7.02. The van der Waals surface area contributed by atoms with Gasteiger partial charge < -0.3 is 14.5 Å². The maximum Gasteiger partial charge on any atom is 0.257 e. The summed E-state index contributed by atoms with van der Waals surface area (Å²) in [4.78, 5) is 11.7. The van der Waals surface area contributed by atoms with E-state index in [0.29, 0.717) is 35.5 Å². The predicted octanol–water partition coefficient (Wildman–Crippen LogP) is 2.58. The van der Waals surface area contributed by atoms with E-state index in [-0.39, 0.29) is 18.4 Å². The van der Waals surface area contributed by atoms with E-state index in [1.54, 1.807) is 24.3 Å². The van der Waals surface area contributed by atoms with Crippen LogP contribution in [0.1, 0.15) is 31.5 Å². The van der Waals surface area contributed by atoms with Crippen LogP contribution >= 0.6 is 11.6 Å². The summed E-state index contributed by atoms with van der Waals surface area (Å²) in [6, 6.07) is 6.83. The molecule has 0 aliphatic carbocycles. The quantitative estimate of drug-likeness (QED) is 0.847. The number of rotatable bonds is 7. The van der Waals surface area contributed by atoms with Crippen LogP contribution in [0.5, 0.6) is 5.75 Å². The van der Waals surface area contributed by atoms with E-state index in [1.165, 1.54) is 0 Å². The summed E-state index contributed by atoms with van der Waals surface area (Å²) >= 11 is 5.77. The first-order chi connectivity index (χ1) is 10.5. The van der Waals surface area contributed by atoms with Crippen molar-refractivity contribution in [3.8, 4) is 5.75 Å². The van der Waals surface area contributed by atoms with Gasteiger partial charge in [0.25, 0.3) is 5.91 Å². The van der Waals surface area contributed by atoms with Crippen LogP contribution in [-0.4, -0.2) is 29.3 Å². The first kappa shape index (κ1) is 16.3. The van der Waals surface area contributed by atoms with Gasteiger partial charge in [0.2, 0.25) is 11.8 Å². The molecule has 0 bridgehead atoms. The largest absolute Gasteiger partial charge is 0.484 e. The number of nitrogens with one attached hydrogen (secondary N) is 1. The summed E-state index contributed by atoms with van der Waals surface area (Å²) in [6.07, 6.45) is 0.492. The second-order valence-electron chi connectivity index (χ2n) is 5.03. The molecule has 118 valence electrons. The van der Waals surface area contributed by atoms with Crippen molar-refractivity contribution in [2.24, 2.45) is 0 Å². The van der Waals surface area contributed by atoms with E-state index < -0.39 is 0 Å². The van der Waals surface area contributed by atoms with Crippen molar-refractivity contribution < 1.29 is 13.9 Å². The number of ether oxygens (including phenoxy) is 1. The highest BCUT2D eigenvalue weighted by molar-refractivity contribution is 6.30. The molecule has 0 aliphatic heterocycles. The van der Waals surface area contributed by atoms with Gasteiger partial charge in [0, 0.05) is 23.9 Å². The minimum Gasteiger partial charge on any atom is -0.484 e. The van der Waals surface area contributed by atoms with Gasteiger partial charge in [0.1, 0.15) is 5.75 Å². The minimum absolute atomic E-state index is 0.0529. The van der Waals surface area contributed by atoms with Crippen LogP contribution in [0.2, 0.25) is 5.02 Å². The van der Waals surface area contributed by atoms with E-state index in [0.717, 1.165) is 0 Å². The normalized spacial score (nSPS) is 10.7. The third-order valence-corrected chi connectivity index (χ3v) is 3.07. The molecule has 2 rings (SSSR count). The van der Waals surface area contributed by atoms with E-state index in [4.69, 9.17) is 20.8 Å². The van der Waals surface area contributed by atoms with Crippen molar-refractivity contribution >= 4 is 17.5 Å². The van der Waals surface area contributed by atoms with Gasteiger partial charge in [-0.1, -0.05) is 25.4 Å². The number of hydrogen-bond donors (Lipinski definition) is 1. The second-order valence-corrected chi connectivity index (χ2v) is 5.47. The third-order valence-electron chi connectivity index (χ3n) is 2.82. The Balaban J connectivity index is 1.68. The SMILES string of the molecule is CC(C)c1nnc(CCNC(=O)COc2ccc(Cl)cc2)o1. The standard InChI is InChI=1S/C15H18ClN3O3/c1-10(2)15-19-18-14(22-15)7-8-17-13(20)9-21-12-5-3-11(16)4-6-12/h3-6,10H,7-9H2,1-2H3,(H,17,20). The summed E-state index contributed by atoms with van der Waals surface area (Å²) in [5.41, 5.74) is 0. The van der Waals surface area contributed by atoms with Gasteiger partial charge in [0.05, 0.1) is 0 Å². The first-order valence-corrected chi connectivity index (χ1v) is 7.39. The van der Waals surface area contributed by atoms with Gasteiger partial charge in [-0.05, 0) is 24.3 Å². The van der Waals surface area contributed by atoms with Gasteiger partial charge in [0.15, 0.2) is 6.61 Å². The molecule has 0 unspecified atom stereocenters. The molecule has 0 atom stereocenters.